The Hall–Kier alpha value is -2.42. The zero-order chi connectivity index (χ0) is 21.3. The van der Waals surface area contributed by atoms with Gasteiger partial charge in [0.15, 0.2) is 0 Å². The second-order valence-electron chi connectivity index (χ2n) is 7.99. The molecule has 0 fully saturated rings. The minimum Gasteiger partial charge on any atom is -0.310 e. The van der Waals surface area contributed by atoms with Gasteiger partial charge in [0.05, 0.1) is 0 Å². The molecule has 0 amide bonds. The molecule has 31 heavy (non-hydrogen) atoms. The van der Waals surface area contributed by atoms with Gasteiger partial charge in [0.1, 0.15) is 0 Å². The summed E-state index contributed by atoms with van der Waals surface area (Å²) < 4.78 is 0. The van der Waals surface area contributed by atoms with Crippen LogP contribution in [0.15, 0.2) is 109 Å². The second kappa shape index (κ2) is 12.4. The molecule has 162 valence electrons. The van der Waals surface area contributed by atoms with E-state index in [0.717, 1.165) is 0 Å². The molecule has 0 N–H and O–H groups in total. The van der Waals surface area contributed by atoms with Gasteiger partial charge < -0.3 is 9.80 Å². The Morgan fingerprint density at radius 3 is 1.13 bits per heavy atom. The van der Waals surface area contributed by atoms with Crippen molar-refractivity contribution in [3.8, 4) is 0 Å². The Morgan fingerprint density at radius 1 is 0.516 bits per heavy atom. The maximum Gasteiger partial charge on any atom is 2.00 e. The standard InChI is InChI=1S/2C14H16N.Fe/c2*1-15(2)14(13-10-6-7-11-13)12-8-4-3-5-9-12;/h2*3-11,14H,1-2H3;/q2*-1;+2. The predicted molar refractivity (Wildman–Crippen MR) is 128 cm³/mol. The third-order valence-electron chi connectivity index (χ3n) is 5.27. The van der Waals surface area contributed by atoms with Crippen LogP contribution >= 0.6 is 0 Å². The Morgan fingerprint density at radius 2 is 0.871 bits per heavy atom. The van der Waals surface area contributed by atoms with Gasteiger partial charge >= 0.3 is 17.1 Å². The van der Waals surface area contributed by atoms with Crippen molar-refractivity contribution in [2.45, 2.75) is 12.1 Å². The molecule has 0 heterocycles. The van der Waals surface area contributed by atoms with E-state index < -0.39 is 0 Å². The van der Waals surface area contributed by atoms with Crippen LogP contribution in [0.1, 0.15) is 34.3 Å². The fourth-order valence-electron chi connectivity index (χ4n) is 3.99. The molecule has 0 saturated carbocycles. The summed E-state index contributed by atoms with van der Waals surface area (Å²) in [6, 6.07) is 39.0. The van der Waals surface area contributed by atoms with Gasteiger partial charge in [-0.3, -0.25) is 0 Å². The molecule has 0 bridgehead atoms. The van der Waals surface area contributed by atoms with Crippen LogP contribution in [-0.2, 0) is 17.1 Å². The first kappa shape index (κ1) is 24.8. The molecule has 3 heteroatoms. The summed E-state index contributed by atoms with van der Waals surface area (Å²) >= 11 is 0. The Kier molecular flexibility index (Phi) is 9.97. The van der Waals surface area contributed by atoms with Gasteiger partial charge in [-0.05, 0) is 39.3 Å². The largest absolute Gasteiger partial charge is 2.00 e. The average molecular weight is 452 g/mol. The van der Waals surface area contributed by atoms with Crippen molar-refractivity contribution in [1.29, 1.82) is 0 Å². The molecule has 2 unspecified atom stereocenters. The van der Waals surface area contributed by atoms with Crippen molar-refractivity contribution >= 4 is 0 Å². The SMILES string of the molecule is CN(C)C(c1ccccc1)c1cc[cH-]c1.CN(C)C(c1ccccc1)c1cc[cH-]c1.[Fe+2]. The van der Waals surface area contributed by atoms with Crippen LogP contribution < -0.4 is 0 Å². The molecule has 0 aromatic heterocycles. The van der Waals surface area contributed by atoms with Gasteiger partial charge in [0, 0.05) is 12.1 Å². The van der Waals surface area contributed by atoms with Crippen molar-refractivity contribution in [3.63, 3.8) is 0 Å². The summed E-state index contributed by atoms with van der Waals surface area (Å²) in [5.74, 6) is 0. The van der Waals surface area contributed by atoms with Gasteiger partial charge in [-0.1, -0.05) is 60.7 Å². The molecule has 0 saturated heterocycles. The van der Waals surface area contributed by atoms with Crippen molar-refractivity contribution in [1.82, 2.24) is 9.80 Å². The van der Waals surface area contributed by atoms with Gasteiger partial charge in [-0.25, -0.2) is 12.1 Å². The summed E-state index contributed by atoms with van der Waals surface area (Å²) in [5, 5.41) is 0. The quantitative estimate of drug-likeness (QED) is 0.257. The van der Waals surface area contributed by atoms with E-state index in [1.54, 1.807) is 0 Å². The van der Waals surface area contributed by atoms with E-state index in [1.165, 1.54) is 22.3 Å². The van der Waals surface area contributed by atoms with Crippen molar-refractivity contribution in [2.75, 3.05) is 28.2 Å². The van der Waals surface area contributed by atoms with Gasteiger partial charge in [0.2, 0.25) is 0 Å². The average Bonchev–Trinajstić information content (AvgIpc) is 3.45. The third-order valence-corrected chi connectivity index (χ3v) is 5.27. The van der Waals surface area contributed by atoms with E-state index in [2.05, 4.69) is 147 Å². The zero-order valence-corrected chi connectivity index (χ0v) is 19.9. The fourth-order valence-corrected chi connectivity index (χ4v) is 3.99. The van der Waals surface area contributed by atoms with Crippen LogP contribution in [0, 0.1) is 0 Å². The van der Waals surface area contributed by atoms with E-state index in [9.17, 15) is 0 Å². The van der Waals surface area contributed by atoms with E-state index in [1.807, 2.05) is 0 Å². The van der Waals surface area contributed by atoms with Crippen LogP contribution in [0.2, 0.25) is 0 Å². The Labute approximate surface area is 198 Å². The maximum absolute atomic E-state index is 2.24. The summed E-state index contributed by atoms with van der Waals surface area (Å²) in [7, 11) is 8.46. The predicted octanol–water partition coefficient (Wildman–Crippen LogP) is 6.11. The molecule has 0 aliphatic carbocycles. The van der Waals surface area contributed by atoms with E-state index in [0.29, 0.717) is 12.1 Å². The van der Waals surface area contributed by atoms with Crippen LogP contribution in [0.4, 0.5) is 0 Å². The monoisotopic (exact) mass is 452 g/mol. The van der Waals surface area contributed by atoms with Crippen LogP contribution in [0.25, 0.3) is 0 Å². The number of hydrogen-bond donors (Lipinski definition) is 0. The molecule has 0 radical (unpaired) electrons. The van der Waals surface area contributed by atoms with Gasteiger partial charge in [-0.2, -0.15) is 47.5 Å². The summed E-state index contributed by atoms with van der Waals surface area (Å²) in [5.41, 5.74) is 5.39. The molecular formula is C28H32FeN2. The normalized spacial score (nSPS) is 12.6. The zero-order valence-electron chi connectivity index (χ0n) is 18.8. The third kappa shape index (κ3) is 6.78. The summed E-state index contributed by atoms with van der Waals surface area (Å²) in [6.07, 6.45) is 0. The second-order valence-corrected chi connectivity index (χ2v) is 7.99. The fraction of sp³-hybridized carbons (Fsp3) is 0.214. The van der Waals surface area contributed by atoms with Gasteiger partial charge in [-0.15, -0.1) is 0 Å². The molecule has 0 aliphatic rings. The number of benzene rings is 2. The van der Waals surface area contributed by atoms with Gasteiger partial charge in [0.25, 0.3) is 0 Å². The molecular weight excluding hydrogens is 420 g/mol. The van der Waals surface area contributed by atoms with Crippen molar-refractivity contribution < 1.29 is 17.1 Å². The van der Waals surface area contributed by atoms with E-state index in [-0.39, 0.29) is 17.1 Å². The molecule has 0 aliphatic heterocycles. The smallest absolute Gasteiger partial charge is 0.310 e. The van der Waals surface area contributed by atoms with Crippen molar-refractivity contribution in [3.05, 3.63) is 131 Å². The Balaban J connectivity index is 0.000000213. The van der Waals surface area contributed by atoms with Crippen LogP contribution in [-0.4, -0.2) is 38.0 Å². The first-order valence-electron chi connectivity index (χ1n) is 10.4. The first-order chi connectivity index (χ1) is 14.6. The van der Waals surface area contributed by atoms with E-state index in [4.69, 9.17) is 0 Å². The molecule has 0 spiro atoms. The minimum absolute atomic E-state index is 0. The Bertz CT molecular complexity index is 861. The molecule has 2 nitrogen and oxygen atoms in total. The molecule has 4 aromatic carbocycles. The van der Waals surface area contributed by atoms with Crippen molar-refractivity contribution in [2.24, 2.45) is 0 Å². The van der Waals surface area contributed by atoms with E-state index >= 15 is 0 Å². The molecule has 4 aromatic rings. The molecule has 4 rings (SSSR count). The van der Waals surface area contributed by atoms with Crippen LogP contribution in [0.3, 0.4) is 0 Å². The minimum atomic E-state index is 0. The number of hydrogen-bond acceptors (Lipinski definition) is 2. The number of rotatable bonds is 6. The topological polar surface area (TPSA) is 6.48 Å². The van der Waals surface area contributed by atoms with Crippen LogP contribution in [0.5, 0.6) is 0 Å². The maximum atomic E-state index is 2.24. The summed E-state index contributed by atoms with van der Waals surface area (Å²) in [4.78, 5) is 4.48. The first-order valence-corrected chi connectivity index (χ1v) is 10.4. The summed E-state index contributed by atoms with van der Waals surface area (Å²) in [6.45, 7) is 0. The molecule has 2 atom stereocenters. The number of nitrogens with zero attached hydrogens (tertiary/aromatic N) is 2.